The average molecular weight is 635 g/mol. The number of halogens is 3. The number of rotatable bonds is 4. The molecule has 3 heterocycles. The summed E-state index contributed by atoms with van der Waals surface area (Å²) >= 11 is 20.4. The van der Waals surface area contributed by atoms with Gasteiger partial charge in [0.05, 0.1) is 26.2 Å². The van der Waals surface area contributed by atoms with E-state index in [0.29, 0.717) is 31.4 Å². The highest BCUT2D eigenvalue weighted by molar-refractivity contribution is 7.07. The van der Waals surface area contributed by atoms with Crippen molar-refractivity contribution in [3.05, 3.63) is 146 Å². The Morgan fingerprint density at radius 1 is 0.952 bits per heavy atom. The third-order valence-corrected chi connectivity index (χ3v) is 9.41. The first-order chi connectivity index (χ1) is 20.3. The number of aromatic nitrogens is 1. The number of benzene rings is 3. The van der Waals surface area contributed by atoms with Crippen molar-refractivity contribution in [3.8, 4) is 11.3 Å². The highest BCUT2D eigenvalue weighted by Crippen LogP contribution is 2.43. The minimum absolute atomic E-state index is 0.0595. The number of nitro benzene ring substituents is 1. The third-order valence-electron chi connectivity index (χ3n) is 7.47. The quantitative estimate of drug-likeness (QED) is 0.152. The van der Waals surface area contributed by atoms with Gasteiger partial charge in [-0.1, -0.05) is 88.6 Å². The average Bonchev–Trinajstić information content (AvgIpc) is 3.57. The molecule has 1 aliphatic heterocycles. The zero-order valence-corrected chi connectivity index (χ0v) is 24.6. The first kappa shape index (κ1) is 26.9. The summed E-state index contributed by atoms with van der Waals surface area (Å²) in [6.07, 6.45) is 3.27. The van der Waals surface area contributed by atoms with E-state index in [1.165, 1.54) is 29.0 Å². The Balaban J connectivity index is 1.38. The molecule has 0 N–H and O–H groups in total. The summed E-state index contributed by atoms with van der Waals surface area (Å²) in [5.74, 6) is 0.765. The van der Waals surface area contributed by atoms with E-state index in [-0.39, 0.29) is 21.3 Å². The molecule has 2 aromatic heterocycles. The van der Waals surface area contributed by atoms with E-state index in [1.54, 1.807) is 22.8 Å². The van der Waals surface area contributed by atoms with Crippen molar-refractivity contribution < 1.29 is 9.34 Å². The number of furan rings is 1. The van der Waals surface area contributed by atoms with Crippen LogP contribution >= 0.6 is 46.1 Å². The first-order valence-electron chi connectivity index (χ1n) is 12.9. The number of allylic oxidation sites excluding steroid dienone is 1. The highest BCUT2D eigenvalue weighted by atomic mass is 35.5. The van der Waals surface area contributed by atoms with Gasteiger partial charge in [0.25, 0.3) is 11.2 Å². The maximum Gasteiger partial charge on any atom is 0.289 e. The van der Waals surface area contributed by atoms with Crippen molar-refractivity contribution in [3.63, 3.8) is 0 Å². The Morgan fingerprint density at radius 3 is 2.55 bits per heavy atom. The van der Waals surface area contributed by atoms with Crippen LogP contribution in [-0.2, 0) is 6.42 Å². The monoisotopic (exact) mass is 633 g/mol. The van der Waals surface area contributed by atoms with Gasteiger partial charge in [-0.25, -0.2) is 4.99 Å². The van der Waals surface area contributed by atoms with Gasteiger partial charge in [0, 0.05) is 28.3 Å². The summed E-state index contributed by atoms with van der Waals surface area (Å²) in [5.41, 5.74) is 5.00. The van der Waals surface area contributed by atoms with Gasteiger partial charge in [-0.05, 0) is 53.8 Å². The molecule has 0 saturated carbocycles. The standard InChI is InChI=1S/C31H18Cl3N3O4S/c32-22-8-4-3-7-19(22)29-20-11-9-16-5-1-2-6-18(16)28(20)35-31-36(29)30(38)27(42-31)13-17-10-12-26(41-17)21-14-24(34)25(37(39)40)15-23(21)33/h1-8,10,12-15,29H,9,11H2/b27-13+/t29-/m0/s1. The second kappa shape index (κ2) is 10.4. The van der Waals surface area contributed by atoms with Crippen LogP contribution in [0.4, 0.5) is 5.69 Å². The molecular formula is C31H18Cl3N3O4S. The van der Waals surface area contributed by atoms with Gasteiger partial charge in [0.1, 0.15) is 16.5 Å². The van der Waals surface area contributed by atoms with E-state index in [9.17, 15) is 14.9 Å². The lowest BCUT2D eigenvalue weighted by Crippen LogP contribution is -2.38. The molecule has 0 bridgehead atoms. The highest BCUT2D eigenvalue weighted by Gasteiger charge is 2.33. The summed E-state index contributed by atoms with van der Waals surface area (Å²) < 4.78 is 8.16. The minimum Gasteiger partial charge on any atom is -0.457 e. The van der Waals surface area contributed by atoms with Gasteiger partial charge in [-0.3, -0.25) is 19.5 Å². The fourth-order valence-electron chi connectivity index (χ4n) is 5.57. The second-order valence-electron chi connectivity index (χ2n) is 9.88. The summed E-state index contributed by atoms with van der Waals surface area (Å²) in [4.78, 5) is 30.2. The van der Waals surface area contributed by atoms with E-state index < -0.39 is 11.0 Å². The van der Waals surface area contributed by atoms with E-state index in [0.717, 1.165) is 35.2 Å². The third kappa shape index (κ3) is 4.42. The fraction of sp³-hybridized carbons (Fsp3) is 0.0968. The molecule has 42 heavy (non-hydrogen) atoms. The number of nitro groups is 1. The molecule has 0 unspecified atom stereocenters. The summed E-state index contributed by atoms with van der Waals surface area (Å²) in [5, 5.41) is 11.9. The minimum atomic E-state index is -0.600. The molecule has 0 radical (unpaired) electrons. The Bertz CT molecular complexity index is 2160. The van der Waals surface area contributed by atoms with Crippen LogP contribution in [-0.4, -0.2) is 9.49 Å². The number of aryl methyl sites for hydroxylation is 1. The number of fused-ring (bicyclic) bond motifs is 3. The van der Waals surface area contributed by atoms with Crippen molar-refractivity contribution in [2.24, 2.45) is 4.99 Å². The van der Waals surface area contributed by atoms with Crippen molar-refractivity contribution in [2.75, 3.05) is 0 Å². The SMILES string of the molecule is O=c1/c(=C\c2ccc(-c3cc(Cl)c([N+](=O)[O-])cc3Cl)o2)sc2n1[C@@H](c1ccccc1Cl)C1=C(N=2)c2ccccc2CC1. The molecule has 11 heteroatoms. The molecule has 0 fully saturated rings. The first-order valence-corrected chi connectivity index (χ1v) is 14.9. The molecule has 7 nitrogen and oxygen atoms in total. The molecule has 0 spiro atoms. The van der Waals surface area contributed by atoms with Crippen LogP contribution in [0.3, 0.4) is 0 Å². The molecule has 208 valence electrons. The van der Waals surface area contributed by atoms with Gasteiger partial charge in [0.15, 0.2) is 4.80 Å². The van der Waals surface area contributed by atoms with Crippen LogP contribution < -0.4 is 14.9 Å². The lowest BCUT2D eigenvalue weighted by atomic mass is 9.83. The van der Waals surface area contributed by atoms with Crippen LogP contribution in [0.25, 0.3) is 23.1 Å². The van der Waals surface area contributed by atoms with Gasteiger partial charge >= 0.3 is 0 Å². The molecule has 0 amide bonds. The fourth-order valence-corrected chi connectivity index (χ4v) is 7.27. The van der Waals surface area contributed by atoms with E-state index >= 15 is 0 Å². The molecule has 3 aromatic carbocycles. The van der Waals surface area contributed by atoms with E-state index in [4.69, 9.17) is 44.2 Å². The Labute approximate surface area is 257 Å². The maximum atomic E-state index is 14.0. The van der Waals surface area contributed by atoms with Crippen molar-refractivity contribution >= 4 is 63.6 Å². The largest absolute Gasteiger partial charge is 0.457 e. The predicted molar refractivity (Wildman–Crippen MR) is 165 cm³/mol. The topological polar surface area (TPSA) is 90.6 Å². The lowest BCUT2D eigenvalue weighted by Gasteiger charge is -2.31. The molecule has 0 saturated heterocycles. The lowest BCUT2D eigenvalue weighted by molar-refractivity contribution is -0.384. The van der Waals surface area contributed by atoms with Gasteiger partial charge < -0.3 is 4.42 Å². The molecular weight excluding hydrogens is 617 g/mol. The maximum absolute atomic E-state index is 14.0. The van der Waals surface area contributed by atoms with E-state index in [1.807, 2.05) is 36.4 Å². The van der Waals surface area contributed by atoms with Crippen LogP contribution in [0.2, 0.25) is 15.1 Å². The predicted octanol–water partition coefficient (Wildman–Crippen LogP) is 7.45. The summed E-state index contributed by atoms with van der Waals surface area (Å²) in [7, 11) is 0. The molecule has 7 rings (SSSR count). The van der Waals surface area contributed by atoms with Crippen molar-refractivity contribution in [1.29, 1.82) is 0 Å². The second-order valence-corrected chi connectivity index (χ2v) is 12.1. The molecule has 2 aliphatic rings. The number of thiazole rings is 1. The van der Waals surface area contributed by atoms with Crippen LogP contribution in [0.5, 0.6) is 0 Å². The van der Waals surface area contributed by atoms with Crippen LogP contribution in [0.15, 0.2) is 92.6 Å². The van der Waals surface area contributed by atoms with Crippen LogP contribution in [0.1, 0.15) is 34.9 Å². The Hall–Kier alpha value is -3.95. The van der Waals surface area contributed by atoms with E-state index in [2.05, 4.69) is 12.1 Å². The normalized spacial score (nSPS) is 16.1. The summed E-state index contributed by atoms with van der Waals surface area (Å²) in [6.45, 7) is 0. The zero-order valence-electron chi connectivity index (χ0n) is 21.5. The summed E-state index contributed by atoms with van der Waals surface area (Å²) in [6, 6.07) is 21.4. The van der Waals surface area contributed by atoms with Gasteiger partial charge in [-0.15, -0.1) is 0 Å². The Morgan fingerprint density at radius 2 is 1.74 bits per heavy atom. The van der Waals surface area contributed by atoms with Crippen molar-refractivity contribution in [1.82, 2.24) is 4.57 Å². The number of hydrogen-bond acceptors (Lipinski definition) is 6. The van der Waals surface area contributed by atoms with Crippen molar-refractivity contribution in [2.45, 2.75) is 18.9 Å². The molecule has 1 atom stereocenters. The smallest absolute Gasteiger partial charge is 0.289 e. The number of nitrogens with zero attached hydrogens (tertiary/aromatic N) is 3. The van der Waals surface area contributed by atoms with Gasteiger partial charge in [-0.2, -0.15) is 0 Å². The number of hydrogen-bond donors (Lipinski definition) is 0. The van der Waals surface area contributed by atoms with Gasteiger partial charge in [0.2, 0.25) is 0 Å². The molecule has 5 aromatic rings. The Kier molecular flexibility index (Phi) is 6.66. The molecule has 1 aliphatic carbocycles. The zero-order chi connectivity index (χ0) is 29.1. The van der Waals surface area contributed by atoms with Crippen LogP contribution in [0, 0.1) is 10.1 Å².